The van der Waals surface area contributed by atoms with Crippen molar-refractivity contribution in [3.63, 3.8) is 0 Å². The van der Waals surface area contributed by atoms with E-state index >= 15 is 0 Å². The summed E-state index contributed by atoms with van der Waals surface area (Å²) in [7, 11) is -1.33. The molecule has 0 aromatic carbocycles. The number of carbonyl (C=O) groups is 1. The van der Waals surface area contributed by atoms with Crippen LogP contribution in [0.15, 0.2) is 53.8 Å². The Bertz CT molecular complexity index is 1230. The Hall–Kier alpha value is -3.91. The van der Waals surface area contributed by atoms with Crippen LogP contribution in [-0.2, 0) is 16.6 Å². The van der Waals surface area contributed by atoms with Crippen LogP contribution in [-0.4, -0.2) is 52.6 Å². The molecule has 3 aromatic rings. The van der Waals surface area contributed by atoms with Gasteiger partial charge in [0.15, 0.2) is 0 Å². The summed E-state index contributed by atoms with van der Waals surface area (Å²) in [4.78, 5) is 20.0. The predicted molar refractivity (Wildman–Crippen MR) is 105 cm³/mol. The molecule has 30 heavy (non-hydrogen) atoms. The third kappa shape index (κ3) is 3.94. The standard InChI is InChI=1S/C19H17N5O5S/c1-23(19(25)26)11-13-8-17(15-4-3-7-21-16(15)9-20)24(12-13)30(27,28)14-5-6-18(29-2)22-10-14/h3-8,10,12H,11H2,1-2H3,(H,25,26). The number of carboxylic acid groups (broad SMARTS) is 1. The van der Waals surface area contributed by atoms with E-state index in [1.807, 2.05) is 6.07 Å². The van der Waals surface area contributed by atoms with Crippen molar-refractivity contribution in [2.75, 3.05) is 14.2 Å². The highest BCUT2D eigenvalue weighted by molar-refractivity contribution is 7.90. The minimum atomic E-state index is -4.11. The highest BCUT2D eigenvalue weighted by atomic mass is 32.2. The molecule has 10 nitrogen and oxygen atoms in total. The molecule has 0 spiro atoms. The molecule has 11 heteroatoms. The van der Waals surface area contributed by atoms with Crippen LogP contribution >= 0.6 is 0 Å². The average molecular weight is 427 g/mol. The van der Waals surface area contributed by atoms with Gasteiger partial charge in [-0.25, -0.2) is 27.2 Å². The summed E-state index contributed by atoms with van der Waals surface area (Å²) < 4.78 is 32.6. The Morgan fingerprint density at radius 3 is 2.70 bits per heavy atom. The van der Waals surface area contributed by atoms with Gasteiger partial charge in [-0.15, -0.1) is 0 Å². The molecule has 0 atom stereocenters. The Balaban J connectivity index is 2.19. The fourth-order valence-corrected chi connectivity index (χ4v) is 4.11. The van der Waals surface area contributed by atoms with E-state index in [1.54, 1.807) is 12.1 Å². The molecule has 3 aromatic heterocycles. The maximum Gasteiger partial charge on any atom is 0.407 e. The summed E-state index contributed by atoms with van der Waals surface area (Å²) in [6.07, 6.45) is 2.75. The number of nitrogens with zero attached hydrogens (tertiary/aromatic N) is 5. The second kappa shape index (κ2) is 8.22. The van der Waals surface area contributed by atoms with Crippen LogP contribution in [0.1, 0.15) is 11.3 Å². The van der Waals surface area contributed by atoms with Gasteiger partial charge in [-0.3, -0.25) is 0 Å². The largest absolute Gasteiger partial charge is 0.481 e. The fourth-order valence-electron chi connectivity index (χ4n) is 2.77. The third-order valence-corrected chi connectivity index (χ3v) is 5.91. The van der Waals surface area contributed by atoms with Gasteiger partial charge in [-0.2, -0.15) is 5.26 Å². The maximum absolute atomic E-state index is 13.3. The van der Waals surface area contributed by atoms with Crippen molar-refractivity contribution >= 4 is 16.1 Å². The highest BCUT2D eigenvalue weighted by Gasteiger charge is 2.24. The van der Waals surface area contributed by atoms with Gasteiger partial charge in [0.25, 0.3) is 10.0 Å². The summed E-state index contributed by atoms with van der Waals surface area (Å²) in [5.41, 5.74) is 0.948. The molecule has 0 unspecified atom stereocenters. The van der Waals surface area contributed by atoms with Gasteiger partial charge in [0.2, 0.25) is 5.88 Å². The van der Waals surface area contributed by atoms with Crippen molar-refractivity contribution in [3.8, 4) is 23.2 Å². The van der Waals surface area contributed by atoms with E-state index in [-0.39, 0.29) is 28.7 Å². The van der Waals surface area contributed by atoms with Gasteiger partial charge >= 0.3 is 6.09 Å². The molecule has 0 aliphatic carbocycles. The maximum atomic E-state index is 13.3. The van der Waals surface area contributed by atoms with Crippen molar-refractivity contribution in [2.24, 2.45) is 0 Å². The molecule has 0 radical (unpaired) electrons. The number of methoxy groups -OCH3 is 1. The Kier molecular flexibility index (Phi) is 5.70. The van der Waals surface area contributed by atoms with Crippen molar-refractivity contribution in [1.29, 1.82) is 5.26 Å². The number of ether oxygens (including phenoxy) is 1. The van der Waals surface area contributed by atoms with E-state index in [1.165, 1.54) is 44.8 Å². The summed E-state index contributed by atoms with van der Waals surface area (Å²) in [5, 5.41) is 18.5. The molecule has 1 N–H and O–H groups in total. The summed E-state index contributed by atoms with van der Waals surface area (Å²) in [6, 6.07) is 9.38. The number of amides is 1. The van der Waals surface area contributed by atoms with Crippen molar-refractivity contribution in [3.05, 3.63) is 60.2 Å². The van der Waals surface area contributed by atoms with Crippen LogP contribution in [0.3, 0.4) is 0 Å². The monoisotopic (exact) mass is 427 g/mol. The first-order chi connectivity index (χ1) is 14.3. The number of hydrogen-bond acceptors (Lipinski definition) is 7. The zero-order valence-electron chi connectivity index (χ0n) is 16.1. The van der Waals surface area contributed by atoms with Crippen molar-refractivity contribution in [1.82, 2.24) is 18.8 Å². The van der Waals surface area contributed by atoms with E-state index in [0.29, 0.717) is 11.1 Å². The van der Waals surface area contributed by atoms with Gasteiger partial charge in [0.1, 0.15) is 16.7 Å². The number of nitriles is 1. The molecule has 0 aliphatic rings. The average Bonchev–Trinajstić information content (AvgIpc) is 3.18. The highest BCUT2D eigenvalue weighted by Crippen LogP contribution is 2.29. The van der Waals surface area contributed by atoms with Gasteiger partial charge in [0.05, 0.1) is 25.5 Å². The van der Waals surface area contributed by atoms with Gasteiger partial charge in [-0.05, 0) is 29.8 Å². The van der Waals surface area contributed by atoms with Crippen molar-refractivity contribution < 1.29 is 23.1 Å². The zero-order chi connectivity index (χ0) is 21.9. The Morgan fingerprint density at radius 1 is 1.33 bits per heavy atom. The smallest absolute Gasteiger partial charge is 0.407 e. The fraction of sp³-hybridized carbons (Fsp3) is 0.158. The Morgan fingerprint density at radius 2 is 2.10 bits per heavy atom. The first-order valence-electron chi connectivity index (χ1n) is 8.54. The molecule has 3 rings (SSSR count). The normalized spacial score (nSPS) is 11.0. The van der Waals surface area contributed by atoms with E-state index in [9.17, 15) is 18.5 Å². The predicted octanol–water partition coefficient (Wildman–Crippen LogP) is 2.17. The molecular formula is C19H17N5O5S. The molecule has 0 saturated carbocycles. The third-order valence-electron chi connectivity index (χ3n) is 4.25. The van der Waals surface area contributed by atoms with E-state index in [4.69, 9.17) is 9.84 Å². The molecule has 0 fully saturated rings. The van der Waals surface area contributed by atoms with Crippen molar-refractivity contribution in [2.45, 2.75) is 11.4 Å². The van der Waals surface area contributed by atoms with Crippen LogP contribution in [0.25, 0.3) is 11.3 Å². The van der Waals surface area contributed by atoms with Crippen LogP contribution in [0.5, 0.6) is 5.88 Å². The molecule has 0 aliphatic heterocycles. The quantitative estimate of drug-likeness (QED) is 0.631. The van der Waals surface area contributed by atoms with E-state index in [2.05, 4.69) is 9.97 Å². The van der Waals surface area contributed by atoms with Crippen LogP contribution in [0.4, 0.5) is 4.79 Å². The summed E-state index contributed by atoms with van der Waals surface area (Å²) in [6.45, 7) is -0.0478. The zero-order valence-corrected chi connectivity index (χ0v) is 16.9. The topological polar surface area (TPSA) is 138 Å². The first-order valence-corrected chi connectivity index (χ1v) is 9.98. The first kappa shape index (κ1) is 20.8. The number of rotatable bonds is 6. The molecule has 3 heterocycles. The van der Waals surface area contributed by atoms with Gasteiger partial charge in [0, 0.05) is 31.1 Å². The van der Waals surface area contributed by atoms with Gasteiger partial charge < -0.3 is 14.7 Å². The van der Waals surface area contributed by atoms with E-state index < -0.39 is 16.1 Å². The SMILES string of the molecule is COc1ccc(S(=O)(=O)n2cc(CN(C)C(=O)O)cc2-c2cccnc2C#N)cn1. The lowest BCUT2D eigenvalue weighted by atomic mass is 10.1. The molecule has 154 valence electrons. The molecule has 0 saturated heterocycles. The lowest BCUT2D eigenvalue weighted by Crippen LogP contribution is -2.23. The number of aromatic nitrogens is 3. The molecule has 1 amide bonds. The second-order valence-electron chi connectivity index (χ2n) is 6.22. The minimum Gasteiger partial charge on any atom is -0.481 e. The summed E-state index contributed by atoms with van der Waals surface area (Å²) in [5.74, 6) is 0.254. The molecule has 0 bridgehead atoms. The van der Waals surface area contributed by atoms with Gasteiger partial charge in [-0.1, -0.05) is 0 Å². The lowest BCUT2D eigenvalue weighted by molar-refractivity contribution is 0.154. The number of hydrogen-bond donors (Lipinski definition) is 1. The number of pyridine rings is 2. The van der Waals surface area contributed by atoms with Crippen LogP contribution in [0.2, 0.25) is 0 Å². The minimum absolute atomic E-state index is 0.0399. The van der Waals surface area contributed by atoms with Crippen LogP contribution < -0.4 is 4.74 Å². The second-order valence-corrected chi connectivity index (χ2v) is 8.04. The Labute approximate surface area is 172 Å². The van der Waals surface area contributed by atoms with E-state index in [0.717, 1.165) is 15.1 Å². The molecular weight excluding hydrogens is 410 g/mol. The van der Waals surface area contributed by atoms with Crippen LogP contribution in [0, 0.1) is 11.3 Å². The summed E-state index contributed by atoms with van der Waals surface area (Å²) >= 11 is 0. The lowest BCUT2D eigenvalue weighted by Gasteiger charge is -2.11.